The third-order valence-corrected chi connectivity index (χ3v) is 5.52. The Kier molecular flexibility index (Phi) is 4.84. The van der Waals surface area contributed by atoms with E-state index in [2.05, 4.69) is 34.6 Å². The molecule has 1 aromatic carbocycles. The Morgan fingerprint density at radius 3 is 2.81 bits per heavy atom. The monoisotopic (exact) mass is 362 g/mol. The first kappa shape index (κ1) is 17.6. The summed E-state index contributed by atoms with van der Waals surface area (Å²) in [6.45, 7) is 6.75. The van der Waals surface area contributed by atoms with E-state index in [0.717, 1.165) is 60.0 Å². The molecular weight excluding hydrogens is 336 g/mol. The van der Waals surface area contributed by atoms with Gasteiger partial charge in [-0.2, -0.15) is 0 Å². The van der Waals surface area contributed by atoms with Crippen molar-refractivity contribution in [1.29, 1.82) is 0 Å². The predicted octanol–water partition coefficient (Wildman–Crippen LogP) is 4.13. The zero-order valence-electron chi connectivity index (χ0n) is 16.0. The Morgan fingerprint density at radius 2 is 2.04 bits per heavy atom. The van der Waals surface area contributed by atoms with E-state index in [1.165, 1.54) is 0 Å². The highest BCUT2D eigenvalue weighted by atomic mass is 16.2. The molecule has 1 N–H and O–H groups in total. The van der Waals surface area contributed by atoms with Crippen molar-refractivity contribution in [3.63, 3.8) is 0 Å². The highest BCUT2D eigenvalue weighted by Gasteiger charge is 2.21. The lowest BCUT2D eigenvalue weighted by atomic mass is 9.98. The number of nitrogens with zero attached hydrogens (tertiary/aromatic N) is 3. The van der Waals surface area contributed by atoms with E-state index in [1.54, 1.807) is 0 Å². The fourth-order valence-corrected chi connectivity index (χ4v) is 3.73. The van der Waals surface area contributed by atoms with Crippen LogP contribution in [0.1, 0.15) is 41.4 Å². The molecule has 27 heavy (non-hydrogen) atoms. The van der Waals surface area contributed by atoms with Crippen molar-refractivity contribution >= 4 is 17.2 Å². The third-order valence-electron chi connectivity index (χ3n) is 5.52. The molecular formula is C22H26N4O. The van der Waals surface area contributed by atoms with Crippen molar-refractivity contribution in [2.75, 3.05) is 18.4 Å². The van der Waals surface area contributed by atoms with Crippen molar-refractivity contribution in [1.82, 2.24) is 14.3 Å². The first-order chi connectivity index (χ1) is 13.1. The van der Waals surface area contributed by atoms with Gasteiger partial charge in [0.1, 0.15) is 5.65 Å². The zero-order valence-corrected chi connectivity index (χ0v) is 16.0. The van der Waals surface area contributed by atoms with Crippen LogP contribution in [0.2, 0.25) is 0 Å². The van der Waals surface area contributed by atoms with E-state index < -0.39 is 0 Å². The molecule has 3 aromatic rings. The molecule has 0 spiro atoms. The number of benzene rings is 1. The molecule has 0 bridgehead atoms. The number of nitrogens with one attached hydrogen (secondary N) is 1. The number of likely N-dealkylation sites (tertiary alicyclic amines) is 1. The van der Waals surface area contributed by atoms with Gasteiger partial charge < -0.3 is 14.6 Å². The summed E-state index contributed by atoms with van der Waals surface area (Å²) >= 11 is 0. The molecule has 0 saturated carbocycles. The molecule has 1 fully saturated rings. The average Bonchev–Trinajstić information content (AvgIpc) is 3.16. The molecule has 0 atom stereocenters. The van der Waals surface area contributed by atoms with Gasteiger partial charge in [0.2, 0.25) is 0 Å². The number of rotatable bonds is 4. The van der Waals surface area contributed by atoms with Gasteiger partial charge in [-0.25, -0.2) is 4.98 Å². The number of aromatic nitrogens is 2. The number of carbonyl (C=O) groups is 1. The fourth-order valence-electron chi connectivity index (χ4n) is 3.73. The molecule has 0 radical (unpaired) electrons. The Morgan fingerprint density at radius 1 is 1.22 bits per heavy atom. The summed E-state index contributed by atoms with van der Waals surface area (Å²) in [4.78, 5) is 19.1. The molecule has 2 aromatic heterocycles. The van der Waals surface area contributed by atoms with Gasteiger partial charge >= 0.3 is 0 Å². The molecule has 5 heteroatoms. The molecule has 1 saturated heterocycles. The van der Waals surface area contributed by atoms with E-state index in [4.69, 9.17) is 0 Å². The maximum absolute atomic E-state index is 12.8. The lowest BCUT2D eigenvalue weighted by Crippen LogP contribution is -2.37. The number of amides is 1. The smallest absolute Gasteiger partial charge is 0.253 e. The number of carbonyl (C=O) groups excluding carboxylic acids is 1. The van der Waals surface area contributed by atoms with Crippen LogP contribution < -0.4 is 5.32 Å². The van der Waals surface area contributed by atoms with E-state index in [9.17, 15) is 4.79 Å². The van der Waals surface area contributed by atoms with Crippen LogP contribution >= 0.6 is 0 Å². The van der Waals surface area contributed by atoms with Gasteiger partial charge in [0.15, 0.2) is 0 Å². The molecule has 0 aliphatic carbocycles. The van der Waals surface area contributed by atoms with Crippen LogP contribution in [0.5, 0.6) is 0 Å². The van der Waals surface area contributed by atoms with Crippen LogP contribution in [0, 0.1) is 12.8 Å². The Balaban J connectivity index is 1.45. The van der Waals surface area contributed by atoms with Crippen LogP contribution in [0.3, 0.4) is 0 Å². The standard InChI is InChI=1S/C22H26N4O/c1-16-8-11-25(12-9-16)22(27)18-6-7-20(17(2)14-18)24-15-19-4-3-5-21-23-10-13-26(19)21/h3-7,10,13-14,16,24H,8-9,11-12,15H2,1-2H3. The van der Waals surface area contributed by atoms with Crippen molar-refractivity contribution in [2.45, 2.75) is 33.2 Å². The van der Waals surface area contributed by atoms with Crippen LogP contribution in [-0.2, 0) is 6.54 Å². The minimum absolute atomic E-state index is 0.153. The highest BCUT2D eigenvalue weighted by molar-refractivity contribution is 5.95. The van der Waals surface area contributed by atoms with Gasteiger partial charge in [-0.1, -0.05) is 13.0 Å². The summed E-state index contributed by atoms with van der Waals surface area (Å²) in [7, 11) is 0. The van der Waals surface area contributed by atoms with Gasteiger partial charge in [-0.15, -0.1) is 0 Å². The van der Waals surface area contributed by atoms with Gasteiger partial charge in [-0.3, -0.25) is 4.79 Å². The summed E-state index contributed by atoms with van der Waals surface area (Å²) in [5, 5.41) is 3.49. The predicted molar refractivity (Wildman–Crippen MR) is 108 cm³/mol. The van der Waals surface area contributed by atoms with Crippen molar-refractivity contribution in [2.24, 2.45) is 5.92 Å². The molecule has 0 unspecified atom stereocenters. The van der Waals surface area contributed by atoms with Crippen LogP contribution in [0.4, 0.5) is 5.69 Å². The Bertz CT molecular complexity index is 954. The zero-order chi connectivity index (χ0) is 18.8. The summed E-state index contributed by atoms with van der Waals surface area (Å²) in [5.41, 5.74) is 5.01. The van der Waals surface area contributed by atoms with E-state index in [-0.39, 0.29) is 5.91 Å². The first-order valence-electron chi connectivity index (χ1n) is 9.66. The van der Waals surface area contributed by atoms with Crippen molar-refractivity contribution in [3.8, 4) is 0 Å². The number of anilines is 1. The van der Waals surface area contributed by atoms with E-state index in [1.807, 2.05) is 47.6 Å². The fraction of sp³-hybridized carbons (Fsp3) is 0.364. The quantitative estimate of drug-likeness (QED) is 0.759. The maximum atomic E-state index is 12.8. The summed E-state index contributed by atoms with van der Waals surface area (Å²) in [6, 6.07) is 12.1. The largest absolute Gasteiger partial charge is 0.379 e. The summed E-state index contributed by atoms with van der Waals surface area (Å²) in [5.74, 6) is 0.877. The lowest BCUT2D eigenvalue weighted by molar-refractivity contribution is 0.0697. The molecule has 1 amide bonds. The third kappa shape index (κ3) is 3.68. The maximum Gasteiger partial charge on any atom is 0.253 e. The van der Waals surface area contributed by atoms with Gasteiger partial charge in [0.05, 0.1) is 6.54 Å². The number of pyridine rings is 1. The molecule has 3 heterocycles. The number of imidazole rings is 1. The van der Waals surface area contributed by atoms with Crippen LogP contribution in [0.25, 0.3) is 5.65 Å². The number of hydrogen-bond acceptors (Lipinski definition) is 3. The average molecular weight is 362 g/mol. The van der Waals surface area contributed by atoms with Crippen molar-refractivity contribution < 1.29 is 4.79 Å². The minimum atomic E-state index is 0.153. The first-order valence-corrected chi connectivity index (χ1v) is 9.66. The molecule has 5 nitrogen and oxygen atoms in total. The lowest BCUT2D eigenvalue weighted by Gasteiger charge is -2.30. The summed E-state index contributed by atoms with van der Waals surface area (Å²) < 4.78 is 2.08. The van der Waals surface area contributed by atoms with E-state index in [0.29, 0.717) is 6.54 Å². The van der Waals surface area contributed by atoms with Gasteiger partial charge in [0.25, 0.3) is 5.91 Å². The topological polar surface area (TPSA) is 49.6 Å². The molecule has 1 aliphatic rings. The van der Waals surface area contributed by atoms with Crippen LogP contribution in [-0.4, -0.2) is 33.3 Å². The summed E-state index contributed by atoms with van der Waals surface area (Å²) in [6.07, 6.45) is 5.99. The Hall–Kier alpha value is -2.82. The molecule has 4 rings (SSSR count). The second-order valence-corrected chi connectivity index (χ2v) is 7.53. The second-order valence-electron chi connectivity index (χ2n) is 7.53. The van der Waals surface area contributed by atoms with Gasteiger partial charge in [0, 0.05) is 42.4 Å². The SMILES string of the molecule is Cc1cc(C(=O)N2CCC(C)CC2)ccc1NCc1cccc2nccn12. The normalized spacial score (nSPS) is 15.3. The number of fused-ring (bicyclic) bond motifs is 1. The van der Waals surface area contributed by atoms with Crippen molar-refractivity contribution in [3.05, 3.63) is 65.6 Å². The van der Waals surface area contributed by atoms with Crippen LogP contribution in [0.15, 0.2) is 48.8 Å². The van der Waals surface area contributed by atoms with Gasteiger partial charge in [-0.05, 0) is 61.6 Å². The molecule has 140 valence electrons. The number of hydrogen-bond donors (Lipinski definition) is 1. The highest BCUT2D eigenvalue weighted by Crippen LogP contribution is 2.22. The Labute approximate surface area is 160 Å². The second kappa shape index (κ2) is 7.43. The van der Waals surface area contributed by atoms with E-state index >= 15 is 0 Å². The minimum Gasteiger partial charge on any atom is -0.379 e. The number of piperidine rings is 1. The number of aryl methyl sites for hydroxylation is 1. The molecule has 1 aliphatic heterocycles.